The maximum Gasteiger partial charge on any atom is 0.231 e. The van der Waals surface area contributed by atoms with Crippen LogP contribution in [0, 0.1) is 5.92 Å². The lowest BCUT2D eigenvalue weighted by Gasteiger charge is -2.16. The number of likely N-dealkylation sites (N-methyl/N-ethyl adjacent to an activating group) is 1. The minimum absolute atomic E-state index is 0.0497. The summed E-state index contributed by atoms with van der Waals surface area (Å²) in [5, 5.41) is 6.39. The van der Waals surface area contributed by atoms with Crippen molar-refractivity contribution in [3.8, 4) is 5.75 Å². The molecule has 2 rings (SSSR count). The van der Waals surface area contributed by atoms with Gasteiger partial charge in [-0.05, 0) is 25.2 Å². The summed E-state index contributed by atoms with van der Waals surface area (Å²) in [6, 6.07) is 5.20. The van der Waals surface area contributed by atoms with E-state index in [4.69, 9.17) is 21.1 Å². The predicted octanol–water partition coefficient (Wildman–Crippen LogP) is 1.52. The molecule has 1 amide bonds. The van der Waals surface area contributed by atoms with Gasteiger partial charge < -0.3 is 20.1 Å². The van der Waals surface area contributed by atoms with Crippen molar-refractivity contribution >= 4 is 23.2 Å². The Bertz CT molecular complexity index is 467. The quantitative estimate of drug-likeness (QED) is 0.880. The maximum atomic E-state index is 12.1. The molecule has 0 aromatic heterocycles. The fraction of sp³-hybridized carbons (Fsp3) is 0.462. The Labute approximate surface area is 117 Å². The van der Waals surface area contributed by atoms with Crippen molar-refractivity contribution in [2.24, 2.45) is 5.92 Å². The summed E-state index contributed by atoms with van der Waals surface area (Å²) in [7, 11) is 3.37. The highest BCUT2D eigenvalue weighted by Gasteiger charge is 2.32. The first kappa shape index (κ1) is 14.1. The van der Waals surface area contributed by atoms with E-state index < -0.39 is 0 Å². The molecule has 5 nitrogen and oxygen atoms in total. The molecule has 0 saturated carbocycles. The fourth-order valence-electron chi connectivity index (χ4n) is 2.08. The van der Waals surface area contributed by atoms with Crippen LogP contribution in [0.4, 0.5) is 5.69 Å². The average molecular weight is 285 g/mol. The zero-order valence-corrected chi connectivity index (χ0v) is 11.7. The Kier molecular flexibility index (Phi) is 4.63. The Morgan fingerprint density at radius 1 is 1.47 bits per heavy atom. The highest BCUT2D eigenvalue weighted by molar-refractivity contribution is 6.32. The minimum atomic E-state index is -0.189. The Morgan fingerprint density at radius 3 is 2.89 bits per heavy atom. The number of hydrogen-bond donors (Lipinski definition) is 2. The third-order valence-corrected chi connectivity index (χ3v) is 3.50. The van der Waals surface area contributed by atoms with E-state index in [1.807, 2.05) is 7.05 Å². The van der Waals surface area contributed by atoms with Crippen molar-refractivity contribution in [1.29, 1.82) is 0 Å². The molecular weight excluding hydrogens is 268 g/mol. The second-order valence-corrected chi connectivity index (χ2v) is 4.78. The zero-order chi connectivity index (χ0) is 13.8. The summed E-state index contributed by atoms with van der Waals surface area (Å²) in [4.78, 5) is 12.1. The van der Waals surface area contributed by atoms with Crippen molar-refractivity contribution in [3.63, 3.8) is 0 Å². The second kappa shape index (κ2) is 6.23. The number of amides is 1. The Balaban J connectivity index is 2.04. The number of anilines is 1. The molecule has 1 heterocycles. The topological polar surface area (TPSA) is 59.6 Å². The largest absolute Gasteiger partial charge is 0.495 e. The first-order valence-electron chi connectivity index (χ1n) is 6.05. The van der Waals surface area contributed by atoms with Gasteiger partial charge in [0, 0.05) is 11.7 Å². The zero-order valence-electron chi connectivity index (χ0n) is 10.9. The van der Waals surface area contributed by atoms with Gasteiger partial charge in [0.2, 0.25) is 5.91 Å². The summed E-state index contributed by atoms with van der Waals surface area (Å²) in [5.74, 6) is 0.320. The lowest BCUT2D eigenvalue weighted by atomic mass is 10.0. The van der Waals surface area contributed by atoms with Crippen molar-refractivity contribution < 1.29 is 14.3 Å². The van der Waals surface area contributed by atoms with Gasteiger partial charge in [-0.2, -0.15) is 0 Å². The molecule has 104 valence electrons. The van der Waals surface area contributed by atoms with E-state index in [1.54, 1.807) is 25.3 Å². The number of carbonyl (C=O) groups is 1. The van der Waals surface area contributed by atoms with E-state index in [-0.39, 0.29) is 17.9 Å². The number of ether oxygens (including phenoxy) is 2. The number of rotatable bonds is 4. The fourth-order valence-corrected chi connectivity index (χ4v) is 2.33. The molecule has 1 aliphatic heterocycles. The van der Waals surface area contributed by atoms with Gasteiger partial charge in [-0.3, -0.25) is 4.79 Å². The van der Waals surface area contributed by atoms with Crippen LogP contribution >= 0.6 is 11.6 Å². The van der Waals surface area contributed by atoms with E-state index in [1.165, 1.54) is 0 Å². The lowest BCUT2D eigenvalue weighted by Crippen LogP contribution is -2.39. The first-order chi connectivity index (χ1) is 9.15. The second-order valence-electron chi connectivity index (χ2n) is 4.38. The number of nitrogens with one attached hydrogen (secondary N) is 2. The average Bonchev–Trinajstić information content (AvgIpc) is 2.87. The van der Waals surface area contributed by atoms with E-state index in [9.17, 15) is 4.79 Å². The van der Waals surface area contributed by atoms with Gasteiger partial charge in [-0.15, -0.1) is 0 Å². The van der Waals surface area contributed by atoms with Crippen molar-refractivity contribution in [2.75, 3.05) is 32.7 Å². The van der Waals surface area contributed by atoms with Gasteiger partial charge in [-0.1, -0.05) is 11.6 Å². The van der Waals surface area contributed by atoms with E-state index in [2.05, 4.69) is 10.6 Å². The van der Waals surface area contributed by atoms with Crippen LogP contribution in [0.5, 0.6) is 5.75 Å². The van der Waals surface area contributed by atoms with Crippen molar-refractivity contribution in [3.05, 3.63) is 23.2 Å². The van der Waals surface area contributed by atoms with Crippen molar-refractivity contribution in [2.45, 2.75) is 6.04 Å². The SMILES string of the molecule is CNC1COCC1C(=O)Nc1ccc(OC)c(Cl)c1. The van der Waals surface area contributed by atoms with E-state index in [0.29, 0.717) is 29.7 Å². The predicted molar refractivity (Wildman–Crippen MR) is 73.8 cm³/mol. The van der Waals surface area contributed by atoms with Crippen LogP contribution in [0.3, 0.4) is 0 Å². The van der Waals surface area contributed by atoms with Gasteiger partial charge >= 0.3 is 0 Å². The van der Waals surface area contributed by atoms with Crippen molar-refractivity contribution in [1.82, 2.24) is 5.32 Å². The maximum absolute atomic E-state index is 12.1. The molecular formula is C13H17ClN2O3. The molecule has 1 saturated heterocycles. The molecule has 2 N–H and O–H groups in total. The van der Waals surface area contributed by atoms with Gasteiger partial charge in [-0.25, -0.2) is 0 Å². The lowest BCUT2D eigenvalue weighted by molar-refractivity contribution is -0.120. The molecule has 0 aliphatic carbocycles. The normalized spacial score (nSPS) is 22.3. The molecule has 1 aromatic rings. The molecule has 0 bridgehead atoms. The summed E-state index contributed by atoms with van der Waals surface area (Å²) in [6.07, 6.45) is 0. The Hall–Kier alpha value is -1.30. The minimum Gasteiger partial charge on any atom is -0.495 e. The van der Waals surface area contributed by atoms with Crippen LogP contribution in [-0.4, -0.2) is 39.3 Å². The summed E-state index contributed by atoms with van der Waals surface area (Å²) >= 11 is 6.02. The van der Waals surface area contributed by atoms with Gasteiger partial charge in [0.15, 0.2) is 0 Å². The molecule has 1 aromatic carbocycles. The highest BCUT2D eigenvalue weighted by atomic mass is 35.5. The third-order valence-electron chi connectivity index (χ3n) is 3.21. The van der Waals surface area contributed by atoms with Crippen LogP contribution in [0.2, 0.25) is 5.02 Å². The number of benzene rings is 1. The Morgan fingerprint density at radius 2 is 2.26 bits per heavy atom. The molecule has 1 fully saturated rings. The first-order valence-corrected chi connectivity index (χ1v) is 6.43. The summed E-state index contributed by atoms with van der Waals surface area (Å²) < 4.78 is 10.4. The molecule has 0 spiro atoms. The van der Waals surface area contributed by atoms with Gasteiger partial charge in [0.1, 0.15) is 5.75 Å². The van der Waals surface area contributed by atoms with Crippen LogP contribution < -0.4 is 15.4 Å². The van der Waals surface area contributed by atoms with Crippen LogP contribution in [0.1, 0.15) is 0 Å². The molecule has 19 heavy (non-hydrogen) atoms. The monoisotopic (exact) mass is 284 g/mol. The molecule has 1 aliphatic rings. The smallest absolute Gasteiger partial charge is 0.231 e. The van der Waals surface area contributed by atoms with Gasteiger partial charge in [0.25, 0.3) is 0 Å². The third kappa shape index (κ3) is 3.18. The van der Waals surface area contributed by atoms with Crippen LogP contribution in [0.15, 0.2) is 18.2 Å². The number of halogens is 1. The standard InChI is InChI=1S/C13H17ClN2O3/c1-15-11-7-19-6-9(11)13(17)16-8-3-4-12(18-2)10(14)5-8/h3-5,9,11,15H,6-7H2,1-2H3,(H,16,17). The summed E-state index contributed by atoms with van der Waals surface area (Å²) in [5.41, 5.74) is 0.651. The van der Waals surface area contributed by atoms with E-state index >= 15 is 0 Å². The number of carbonyl (C=O) groups excluding carboxylic acids is 1. The van der Waals surface area contributed by atoms with Crippen LogP contribution in [-0.2, 0) is 9.53 Å². The molecule has 6 heteroatoms. The molecule has 2 atom stereocenters. The van der Waals surface area contributed by atoms with Crippen LogP contribution in [0.25, 0.3) is 0 Å². The number of hydrogen-bond acceptors (Lipinski definition) is 4. The summed E-state index contributed by atoms with van der Waals surface area (Å²) in [6.45, 7) is 0.985. The van der Waals surface area contributed by atoms with E-state index in [0.717, 1.165) is 0 Å². The molecule has 2 unspecified atom stereocenters. The molecule has 0 radical (unpaired) electrons. The van der Waals surface area contributed by atoms with Gasteiger partial charge in [0.05, 0.1) is 31.3 Å². The number of methoxy groups -OCH3 is 1. The highest BCUT2D eigenvalue weighted by Crippen LogP contribution is 2.27.